The van der Waals surface area contributed by atoms with Crippen LogP contribution in [0, 0.1) is 0 Å². The third-order valence-corrected chi connectivity index (χ3v) is 6.67. The van der Waals surface area contributed by atoms with Gasteiger partial charge in [-0.2, -0.15) is 0 Å². The molecule has 2 atom stereocenters. The van der Waals surface area contributed by atoms with Crippen LogP contribution in [0.3, 0.4) is 0 Å². The van der Waals surface area contributed by atoms with Gasteiger partial charge in [-0.3, -0.25) is 4.48 Å². The molecule has 4 rings (SSSR count). The second-order valence-corrected chi connectivity index (χ2v) is 8.51. The van der Waals surface area contributed by atoms with Gasteiger partial charge in [-0.25, -0.2) is 0 Å². The number of likely N-dealkylation sites (tertiary alicyclic amines) is 1. The zero-order valence-electron chi connectivity index (χ0n) is 18.4. The summed E-state index contributed by atoms with van der Waals surface area (Å²) in [7, 11) is 6.15. The second-order valence-electron chi connectivity index (χ2n) is 8.51. The Morgan fingerprint density at radius 1 is 0.967 bits per heavy atom. The first-order chi connectivity index (χ1) is 14.7. The van der Waals surface area contributed by atoms with Crippen molar-refractivity contribution in [3.05, 3.63) is 83.9 Å². The normalized spacial score (nSPS) is 21.4. The maximum atomic E-state index is 5.38. The molecule has 3 aromatic carbocycles. The molecule has 0 aliphatic carbocycles. The molecular weight excluding hydrogens is 368 g/mol. The number of ether oxygens (including phenoxy) is 1. The van der Waals surface area contributed by atoms with Crippen molar-refractivity contribution < 1.29 is 4.74 Å². The number of hydrogen-bond donors (Lipinski definition) is 1. The summed E-state index contributed by atoms with van der Waals surface area (Å²) in [6, 6.07) is 27.0. The number of rotatable bonds is 6. The van der Waals surface area contributed by atoms with Gasteiger partial charge in [0.2, 0.25) is 0 Å². The summed E-state index contributed by atoms with van der Waals surface area (Å²) in [6.07, 6.45) is 3.77. The molecule has 0 spiro atoms. The van der Waals surface area contributed by atoms with Gasteiger partial charge in [-0.1, -0.05) is 42.5 Å². The maximum absolute atomic E-state index is 5.38. The van der Waals surface area contributed by atoms with Crippen LogP contribution < -0.4 is 14.5 Å². The predicted molar refractivity (Wildman–Crippen MR) is 127 cm³/mol. The molecule has 1 saturated heterocycles. The van der Waals surface area contributed by atoms with Gasteiger partial charge in [0.05, 0.1) is 20.7 Å². The Morgan fingerprint density at radius 2 is 1.73 bits per heavy atom. The fraction of sp³-hybridized carbons (Fsp3) is 0.333. The molecule has 3 heteroatoms. The summed E-state index contributed by atoms with van der Waals surface area (Å²) in [6.45, 7) is 2.04. The second kappa shape index (κ2) is 9.03. The smallest absolute Gasteiger partial charge is 0.133 e. The predicted octanol–water partition coefficient (Wildman–Crippen LogP) is 5.94. The van der Waals surface area contributed by atoms with Gasteiger partial charge in [0.25, 0.3) is 0 Å². The SMILES string of the molecule is CNCc1cc(C2CCCC[N+]2(C)c2ccc(OC)cc2)ccc1-c1ccccc1. The van der Waals surface area contributed by atoms with Crippen LogP contribution in [-0.4, -0.2) is 27.7 Å². The largest absolute Gasteiger partial charge is 0.497 e. The minimum Gasteiger partial charge on any atom is -0.497 e. The number of nitrogens with zero attached hydrogens (tertiary/aromatic N) is 1. The van der Waals surface area contributed by atoms with Gasteiger partial charge in [0.15, 0.2) is 0 Å². The molecule has 1 N–H and O–H groups in total. The molecule has 3 aromatic rings. The lowest BCUT2D eigenvalue weighted by molar-refractivity contribution is 0.188. The number of methoxy groups -OCH3 is 1. The summed E-state index contributed by atoms with van der Waals surface area (Å²) in [5.74, 6) is 0.919. The van der Waals surface area contributed by atoms with E-state index in [4.69, 9.17) is 4.74 Å². The fourth-order valence-electron chi connectivity index (χ4n) is 5.00. The van der Waals surface area contributed by atoms with E-state index in [1.165, 1.54) is 53.7 Å². The minimum absolute atomic E-state index is 0.465. The highest BCUT2D eigenvalue weighted by atomic mass is 16.5. The van der Waals surface area contributed by atoms with E-state index in [0.29, 0.717) is 6.04 Å². The van der Waals surface area contributed by atoms with Crippen molar-refractivity contribution in [3.8, 4) is 16.9 Å². The molecule has 30 heavy (non-hydrogen) atoms. The van der Waals surface area contributed by atoms with Crippen molar-refractivity contribution in [1.29, 1.82) is 0 Å². The number of nitrogens with one attached hydrogen (secondary N) is 1. The van der Waals surface area contributed by atoms with Crippen molar-refractivity contribution in [2.45, 2.75) is 31.8 Å². The Labute approximate surface area is 180 Å². The van der Waals surface area contributed by atoms with E-state index in [0.717, 1.165) is 16.8 Å². The van der Waals surface area contributed by atoms with Crippen LogP contribution in [0.5, 0.6) is 5.75 Å². The molecule has 1 heterocycles. The number of quaternary nitrogens is 1. The zero-order valence-corrected chi connectivity index (χ0v) is 18.4. The van der Waals surface area contributed by atoms with Gasteiger partial charge >= 0.3 is 0 Å². The lowest BCUT2D eigenvalue weighted by atomic mass is 9.88. The molecular formula is C27H33N2O+. The maximum Gasteiger partial charge on any atom is 0.133 e. The molecule has 1 aliphatic rings. The number of piperidine rings is 1. The third kappa shape index (κ3) is 4.00. The van der Waals surface area contributed by atoms with Crippen molar-refractivity contribution in [2.75, 3.05) is 27.7 Å². The Morgan fingerprint density at radius 3 is 2.43 bits per heavy atom. The van der Waals surface area contributed by atoms with Crippen molar-refractivity contribution in [2.24, 2.45) is 0 Å². The first kappa shape index (κ1) is 20.6. The summed E-state index contributed by atoms with van der Waals surface area (Å²) < 4.78 is 6.34. The molecule has 0 bridgehead atoms. The lowest BCUT2D eigenvalue weighted by Gasteiger charge is -2.44. The third-order valence-electron chi connectivity index (χ3n) is 6.67. The van der Waals surface area contributed by atoms with Gasteiger partial charge in [-0.05, 0) is 54.8 Å². The average Bonchev–Trinajstić information content (AvgIpc) is 2.80. The first-order valence-corrected chi connectivity index (χ1v) is 11.0. The van der Waals surface area contributed by atoms with Crippen LogP contribution in [0.1, 0.15) is 36.4 Å². The Bertz CT molecular complexity index is 968. The van der Waals surface area contributed by atoms with Crippen molar-refractivity contribution in [3.63, 3.8) is 0 Å². The van der Waals surface area contributed by atoms with Crippen molar-refractivity contribution in [1.82, 2.24) is 9.80 Å². The standard InChI is InChI=1S/C27H33N2O/c1-28-20-23-19-22(12-17-26(23)21-9-5-4-6-10-21)27-11-7-8-18-29(27,2)24-13-15-25(30-3)16-14-24/h4-6,9-10,12-17,19,27-28H,7-8,11,18,20H2,1-3H3/q+1. The quantitative estimate of drug-likeness (QED) is 0.516. The van der Waals surface area contributed by atoms with Gasteiger partial charge in [-0.15, -0.1) is 0 Å². The highest BCUT2D eigenvalue weighted by molar-refractivity contribution is 5.68. The number of benzene rings is 3. The monoisotopic (exact) mass is 401 g/mol. The Kier molecular flexibility index (Phi) is 6.21. The van der Waals surface area contributed by atoms with E-state index in [-0.39, 0.29) is 0 Å². The van der Waals surface area contributed by atoms with Crippen molar-refractivity contribution >= 4 is 5.69 Å². The van der Waals surface area contributed by atoms with Crippen LogP contribution >= 0.6 is 0 Å². The molecule has 0 radical (unpaired) electrons. The average molecular weight is 402 g/mol. The van der Waals surface area contributed by atoms with Gasteiger partial charge in [0.1, 0.15) is 17.5 Å². The molecule has 1 aliphatic heterocycles. The van der Waals surface area contributed by atoms with Crippen LogP contribution in [0.15, 0.2) is 72.8 Å². The van der Waals surface area contributed by atoms with E-state index in [9.17, 15) is 0 Å². The van der Waals surface area contributed by atoms with Crippen LogP contribution in [0.2, 0.25) is 0 Å². The Balaban J connectivity index is 1.74. The van der Waals surface area contributed by atoms with E-state index in [2.05, 4.69) is 85.2 Å². The summed E-state index contributed by atoms with van der Waals surface area (Å²) in [5, 5.41) is 3.37. The molecule has 3 nitrogen and oxygen atoms in total. The Hall–Kier alpha value is -2.62. The summed E-state index contributed by atoms with van der Waals surface area (Å²) >= 11 is 0. The minimum atomic E-state index is 0.465. The van der Waals surface area contributed by atoms with E-state index in [1.807, 2.05) is 7.05 Å². The number of hydrogen-bond acceptors (Lipinski definition) is 2. The van der Waals surface area contributed by atoms with Gasteiger partial charge < -0.3 is 10.1 Å². The van der Waals surface area contributed by atoms with Crippen LogP contribution in [0.4, 0.5) is 5.69 Å². The first-order valence-electron chi connectivity index (χ1n) is 11.0. The molecule has 0 amide bonds. The highest BCUT2D eigenvalue weighted by Gasteiger charge is 2.38. The fourth-order valence-corrected chi connectivity index (χ4v) is 5.00. The molecule has 2 unspecified atom stereocenters. The van der Waals surface area contributed by atoms with Crippen LogP contribution in [0.25, 0.3) is 11.1 Å². The van der Waals surface area contributed by atoms with E-state index in [1.54, 1.807) is 7.11 Å². The summed E-state index contributed by atoms with van der Waals surface area (Å²) in [4.78, 5) is 0. The topological polar surface area (TPSA) is 21.3 Å². The van der Waals surface area contributed by atoms with Gasteiger partial charge in [0, 0.05) is 30.7 Å². The summed E-state index contributed by atoms with van der Waals surface area (Å²) in [5.41, 5.74) is 6.78. The van der Waals surface area contributed by atoms with E-state index >= 15 is 0 Å². The lowest BCUT2D eigenvalue weighted by Crippen LogP contribution is -2.51. The van der Waals surface area contributed by atoms with E-state index < -0.39 is 0 Å². The molecule has 0 aromatic heterocycles. The molecule has 156 valence electrons. The van der Waals surface area contributed by atoms with Crippen LogP contribution in [-0.2, 0) is 6.54 Å². The zero-order chi connectivity index (χ0) is 21.0. The molecule has 0 saturated carbocycles. The highest BCUT2D eigenvalue weighted by Crippen LogP contribution is 2.42. The molecule has 1 fully saturated rings.